The van der Waals surface area contributed by atoms with Crippen LogP contribution in [0.3, 0.4) is 0 Å². The maximum Gasteiger partial charge on any atom is 0.337 e. The van der Waals surface area contributed by atoms with E-state index in [2.05, 4.69) is 4.74 Å². The first kappa shape index (κ1) is 11.7. The van der Waals surface area contributed by atoms with Crippen LogP contribution in [0.15, 0.2) is 24.3 Å². The number of carbonyl (C=O) groups is 1. The van der Waals surface area contributed by atoms with Crippen molar-refractivity contribution in [2.24, 2.45) is 5.73 Å². The lowest BCUT2D eigenvalue weighted by atomic mass is 10.1. The fourth-order valence-electron chi connectivity index (χ4n) is 1.13. The van der Waals surface area contributed by atoms with Gasteiger partial charge in [-0.2, -0.15) is 0 Å². The Bertz CT molecular complexity index is 308. The van der Waals surface area contributed by atoms with Crippen molar-refractivity contribution in [1.29, 1.82) is 0 Å². The van der Waals surface area contributed by atoms with Crippen LogP contribution < -0.4 is 5.73 Å². The second-order valence-electron chi connectivity index (χ2n) is 3.03. The van der Waals surface area contributed by atoms with Crippen molar-refractivity contribution < 1.29 is 14.3 Å². The molecule has 0 bridgehead atoms. The minimum Gasteiger partial charge on any atom is -0.465 e. The highest BCUT2D eigenvalue weighted by Crippen LogP contribution is 2.06. The summed E-state index contributed by atoms with van der Waals surface area (Å²) in [7, 11) is 1.36. The smallest absolute Gasteiger partial charge is 0.337 e. The molecule has 0 radical (unpaired) electrons. The van der Waals surface area contributed by atoms with Crippen LogP contribution in [0.5, 0.6) is 0 Å². The Kier molecular flexibility index (Phi) is 4.80. The SMILES string of the molecule is COC(=O)c1ccc(COCCN)cc1. The molecular weight excluding hydrogens is 194 g/mol. The molecule has 0 amide bonds. The zero-order valence-electron chi connectivity index (χ0n) is 8.73. The minimum absolute atomic E-state index is 0.329. The van der Waals surface area contributed by atoms with Gasteiger partial charge in [0.15, 0.2) is 0 Å². The van der Waals surface area contributed by atoms with E-state index >= 15 is 0 Å². The molecule has 0 saturated heterocycles. The largest absolute Gasteiger partial charge is 0.465 e. The first-order chi connectivity index (χ1) is 7.27. The van der Waals surface area contributed by atoms with Crippen LogP contribution in [0.2, 0.25) is 0 Å². The van der Waals surface area contributed by atoms with Crippen LogP contribution in [-0.2, 0) is 16.1 Å². The Balaban J connectivity index is 2.52. The van der Waals surface area contributed by atoms with E-state index in [0.29, 0.717) is 25.3 Å². The number of esters is 1. The summed E-state index contributed by atoms with van der Waals surface area (Å²) < 4.78 is 9.84. The summed E-state index contributed by atoms with van der Waals surface area (Å²) in [4.78, 5) is 11.1. The van der Waals surface area contributed by atoms with Crippen molar-refractivity contribution in [1.82, 2.24) is 0 Å². The monoisotopic (exact) mass is 209 g/mol. The van der Waals surface area contributed by atoms with E-state index in [4.69, 9.17) is 10.5 Å². The van der Waals surface area contributed by atoms with Gasteiger partial charge < -0.3 is 15.2 Å². The molecule has 0 fully saturated rings. The maximum absolute atomic E-state index is 11.1. The van der Waals surface area contributed by atoms with Crippen LogP contribution in [0.1, 0.15) is 15.9 Å². The Hall–Kier alpha value is -1.39. The molecule has 82 valence electrons. The summed E-state index contributed by atoms with van der Waals surface area (Å²) in [5.41, 5.74) is 6.84. The Morgan fingerprint density at radius 2 is 2.00 bits per heavy atom. The second kappa shape index (κ2) is 6.16. The molecule has 1 rings (SSSR count). The fourth-order valence-corrected chi connectivity index (χ4v) is 1.13. The number of ether oxygens (including phenoxy) is 2. The van der Waals surface area contributed by atoms with E-state index in [1.54, 1.807) is 12.1 Å². The summed E-state index contributed by atoms with van der Waals surface area (Å²) in [6.07, 6.45) is 0. The highest BCUT2D eigenvalue weighted by atomic mass is 16.5. The van der Waals surface area contributed by atoms with Crippen molar-refractivity contribution in [3.05, 3.63) is 35.4 Å². The van der Waals surface area contributed by atoms with Gasteiger partial charge in [-0.25, -0.2) is 4.79 Å². The highest BCUT2D eigenvalue weighted by molar-refractivity contribution is 5.89. The van der Waals surface area contributed by atoms with E-state index in [9.17, 15) is 4.79 Å². The molecule has 0 heterocycles. The molecule has 2 N–H and O–H groups in total. The number of nitrogens with two attached hydrogens (primary N) is 1. The van der Waals surface area contributed by atoms with Crippen molar-refractivity contribution in [3.8, 4) is 0 Å². The van der Waals surface area contributed by atoms with E-state index in [1.807, 2.05) is 12.1 Å². The third kappa shape index (κ3) is 3.69. The van der Waals surface area contributed by atoms with Gasteiger partial charge in [0.2, 0.25) is 0 Å². The van der Waals surface area contributed by atoms with E-state index in [0.717, 1.165) is 5.56 Å². The van der Waals surface area contributed by atoms with Gasteiger partial charge in [-0.1, -0.05) is 12.1 Å². The molecule has 4 heteroatoms. The Labute approximate surface area is 89.0 Å². The molecule has 0 atom stereocenters. The zero-order valence-corrected chi connectivity index (χ0v) is 8.73. The molecular formula is C11H15NO3. The normalized spacial score (nSPS) is 10.0. The van der Waals surface area contributed by atoms with E-state index < -0.39 is 0 Å². The molecule has 0 aromatic heterocycles. The van der Waals surface area contributed by atoms with Gasteiger partial charge in [0.05, 0.1) is 25.9 Å². The lowest BCUT2D eigenvalue weighted by molar-refractivity contribution is 0.0600. The highest BCUT2D eigenvalue weighted by Gasteiger charge is 2.03. The van der Waals surface area contributed by atoms with E-state index in [1.165, 1.54) is 7.11 Å². The lowest BCUT2D eigenvalue weighted by Crippen LogP contribution is -2.08. The number of benzene rings is 1. The van der Waals surface area contributed by atoms with E-state index in [-0.39, 0.29) is 5.97 Å². The standard InChI is InChI=1S/C11H15NO3/c1-14-11(13)10-4-2-9(3-5-10)8-15-7-6-12/h2-5H,6-8,12H2,1H3. The molecule has 0 spiro atoms. The predicted octanol–water partition coefficient (Wildman–Crippen LogP) is 0.949. The summed E-state index contributed by atoms with van der Waals surface area (Å²) in [6, 6.07) is 7.10. The van der Waals surface area contributed by atoms with Crippen LogP contribution >= 0.6 is 0 Å². The van der Waals surface area contributed by atoms with Crippen LogP contribution in [0.4, 0.5) is 0 Å². The first-order valence-corrected chi connectivity index (χ1v) is 4.73. The molecule has 0 unspecified atom stereocenters. The second-order valence-corrected chi connectivity index (χ2v) is 3.03. The van der Waals surface area contributed by atoms with Crippen LogP contribution in [0.25, 0.3) is 0 Å². The Morgan fingerprint density at radius 3 is 2.53 bits per heavy atom. The van der Waals surface area contributed by atoms with Crippen molar-refractivity contribution in [3.63, 3.8) is 0 Å². The topological polar surface area (TPSA) is 61.5 Å². The predicted molar refractivity (Wildman–Crippen MR) is 56.5 cm³/mol. The average Bonchev–Trinajstić information content (AvgIpc) is 2.29. The third-order valence-corrected chi connectivity index (χ3v) is 1.91. The summed E-state index contributed by atoms with van der Waals surface area (Å²) in [6.45, 7) is 1.57. The molecule has 1 aromatic carbocycles. The van der Waals surface area contributed by atoms with Crippen LogP contribution in [0, 0.1) is 0 Å². The molecule has 0 saturated carbocycles. The Morgan fingerprint density at radius 1 is 1.33 bits per heavy atom. The maximum atomic E-state index is 11.1. The number of methoxy groups -OCH3 is 1. The van der Waals surface area contributed by atoms with Crippen molar-refractivity contribution in [2.75, 3.05) is 20.3 Å². The average molecular weight is 209 g/mol. The first-order valence-electron chi connectivity index (χ1n) is 4.73. The summed E-state index contributed by atoms with van der Waals surface area (Å²) in [5, 5.41) is 0. The van der Waals surface area contributed by atoms with Crippen molar-refractivity contribution >= 4 is 5.97 Å². The van der Waals surface area contributed by atoms with Gasteiger partial charge >= 0.3 is 5.97 Å². The fraction of sp³-hybridized carbons (Fsp3) is 0.364. The lowest BCUT2D eigenvalue weighted by Gasteiger charge is -2.03. The van der Waals surface area contributed by atoms with Crippen molar-refractivity contribution in [2.45, 2.75) is 6.61 Å². The molecule has 1 aromatic rings. The molecule has 4 nitrogen and oxygen atoms in total. The van der Waals surface area contributed by atoms with Gasteiger partial charge in [0.25, 0.3) is 0 Å². The van der Waals surface area contributed by atoms with Gasteiger partial charge in [-0.05, 0) is 17.7 Å². The van der Waals surface area contributed by atoms with Gasteiger partial charge in [0.1, 0.15) is 0 Å². The van der Waals surface area contributed by atoms with Gasteiger partial charge in [-0.15, -0.1) is 0 Å². The minimum atomic E-state index is -0.329. The number of hydrogen-bond donors (Lipinski definition) is 1. The quantitative estimate of drug-likeness (QED) is 0.579. The molecule has 0 aliphatic heterocycles. The molecule has 15 heavy (non-hydrogen) atoms. The zero-order chi connectivity index (χ0) is 11.1. The summed E-state index contributed by atoms with van der Waals surface area (Å²) >= 11 is 0. The number of carbonyl (C=O) groups excluding carboxylic acids is 1. The molecule has 0 aliphatic rings. The molecule has 0 aliphatic carbocycles. The summed E-state index contributed by atoms with van der Waals surface area (Å²) in [5.74, 6) is -0.329. The van der Waals surface area contributed by atoms with Gasteiger partial charge in [0, 0.05) is 6.54 Å². The third-order valence-electron chi connectivity index (χ3n) is 1.91. The number of rotatable bonds is 5. The van der Waals surface area contributed by atoms with Crippen LogP contribution in [-0.4, -0.2) is 26.2 Å². The number of hydrogen-bond acceptors (Lipinski definition) is 4. The van der Waals surface area contributed by atoms with Gasteiger partial charge in [-0.3, -0.25) is 0 Å².